The van der Waals surface area contributed by atoms with Crippen molar-refractivity contribution in [2.75, 3.05) is 0 Å². The highest BCUT2D eigenvalue weighted by Crippen LogP contribution is 2.36. The Morgan fingerprint density at radius 3 is 2.29 bits per heavy atom. The highest BCUT2D eigenvalue weighted by atomic mass is 16.7. The number of Topliss-reactive ketones (excluding diaryl/α,β-unsaturated/α-hetero) is 1. The van der Waals surface area contributed by atoms with Gasteiger partial charge in [0, 0.05) is 40.8 Å². The number of nitro benzene ring substituents is 1. The zero-order chi connectivity index (χ0) is 24.7. The summed E-state index contributed by atoms with van der Waals surface area (Å²) in [5.74, 6) is -1.04. The zero-order valence-corrected chi connectivity index (χ0v) is 18.9. The van der Waals surface area contributed by atoms with Gasteiger partial charge in [0.15, 0.2) is 0 Å². The van der Waals surface area contributed by atoms with Crippen LogP contribution in [-0.4, -0.2) is 27.0 Å². The third-order valence-corrected chi connectivity index (χ3v) is 5.87. The van der Waals surface area contributed by atoms with Crippen molar-refractivity contribution in [2.24, 2.45) is 5.16 Å². The van der Waals surface area contributed by atoms with E-state index in [0.717, 1.165) is 27.5 Å². The van der Waals surface area contributed by atoms with Crippen LogP contribution in [0, 0.1) is 10.1 Å². The predicted octanol–water partition coefficient (Wildman–Crippen LogP) is 5.97. The van der Waals surface area contributed by atoms with Crippen molar-refractivity contribution in [3.8, 4) is 5.69 Å². The van der Waals surface area contributed by atoms with Gasteiger partial charge in [-0.3, -0.25) is 14.9 Å². The number of carbonyl (C=O) groups excluding carboxylic acids is 2. The first-order valence-corrected chi connectivity index (χ1v) is 10.8. The zero-order valence-electron chi connectivity index (χ0n) is 18.9. The summed E-state index contributed by atoms with van der Waals surface area (Å²) < 4.78 is 2.05. The minimum absolute atomic E-state index is 0.0170. The minimum atomic E-state index is -0.627. The minimum Gasteiger partial charge on any atom is -0.318 e. The first kappa shape index (κ1) is 22.0. The molecule has 0 aliphatic heterocycles. The van der Waals surface area contributed by atoms with Gasteiger partial charge in [-0.2, -0.15) is 0 Å². The number of nitrogens with zero attached hydrogens (tertiary/aromatic N) is 3. The molecule has 0 saturated heterocycles. The fourth-order valence-corrected chi connectivity index (χ4v) is 4.31. The van der Waals surface area contributed by atoms with Gasteiger partial charge in [-0.25, -0.2) is 4.79 Å². The largest absolute Gasteiger partial charge is 0.331 e. The van der Waals surface area contributed by atoms with E-state index >= 15 is 0 Å². The summed E-state index contributed by atoms with van der Waals surface area (Å²) in [4.78, 5) is 39.6. The number of carbonyl (C=O) groups is 2. The van der Waals surface area contributed by atoms with E-state index in [1.54, 1.807) is 18.2 Å². The summed E-state index contributed by atoms with van der Waals surface area (Å²) in [6, 6.07) is 23.9. The van der Waals surface area contributed by atoms with Crippen LogP contribution in [-0.2, 0) is 9.63 Å². The fraction of sp³-hybridized carbons (Fsp3) is 0.0741. The van der Waals surface area contributed by atoms with Crippen molar-refractivity contribution in [2.45, 2.75) is 13.8 Å². The predicted molar refractivity (Wildman–Crippen MR) is 134 cm³/mol. The molecule has 8 nitrogen and oxygen atoms in total. The van der Waals surface area contributed by atoms with E-state index in [4.69, 9.17) is 0 Å². The van der Waals surface area contributed by atoms with Gasteiger partial charge in [-0.15, -0.1) is 0 Å². The molecule has 0 fully saturated rings. The molecule has 0 N–H and O–H groups in total. The number of oxime groups is 1. The number of ketones is 1. The Bertz CT molecular complexity index is 1710. The molecule has 0 bridgehead atoms. The average Bonchev–Trinajstić information content (AvgIpc) is 3.19. The quantitative estimate of drug-likeness (QED) is 0.105. The Balaban J connectivity index is 1.80. The summed E-state index contributed by atoms with van der Waals surface area (Å²) >= 11 is 0. The van der Waals surface area contributed by atoms with E-state index in [1.165, 1.54) is 26.0 Å². The van der Waals surface area contributed by atoms with Crippen LogP contribution in [0.1, 0.15) is 24.2 Å². The Morgan fingerprint density at radius 1 is 0.857 bits per heavy atom. The Hall–Kier alpha value is -4.85. The van der Waals surface area contributed by atoms with Crippen molar-refractivity contribution in [1.29, 1.82) is 0 Å². The molecule has 4 aromatic carbocycles. The van der Waals surface area contributed by atoms with E-state index in [-0.39, 0.29) is 11.4 Å². The van der Waals surface area contributed by atoms with Crippen molar-refractivity contribution in [3.63, 3.8) is 0 Å². The molecule has 0 unspecified atom stereocenters. The van der Waals surface area contributed by atoms with Gasteiger partial charge in [0.2, 0.25) is 5.78 Å². The molecule has 35 heavy (non-hydrogen) atoms. The van der Waals surface area contributed by atoms with Gasteiger partial charge in [0.25, 0.3) is 5.69 Å². The lowest BCUT2D eigenvalue weighted by Gasteiger charge is -2.11. The molecule has 0 amide bonds. The summed E-state index contributed by atoms with van der Waals surface area (Å²) in [6.07, 6.45) is 0. The van der Waals surface area contributed by atoms with E-state index in [9.17, 15) is 19.7 Å². The van der Waals surface area contributed by atoms with E-state index in [1.807, 2.05) is 53.1 Å². The number of rotatable bonds is 5. The SMILES string of the molecule is CC(=O)O/N=C(\C)C(=O)c1ccc2c(c1)c1cc([N+](=O)[O-])ccc1n2-c1cccc2ccccc12. The van der Waals surface area contributed by atoms with E-state index in [2.05, 4.69) is 9.99 Å². The average molecular weight is 465 g/mol. The molecule has 8 heteroatoms. The molecule has 0 aliphatic rings. The van der Waals surface area contributed by atoms with Gasteiger partial charge in [-0.05, 0) is 42.6 Å². The van der Waals surface area contributed by atoms with Crippen LogP contribution in [0.2, 0.25) is 0 Å². The molecule has 1 aromatic heterocycles. The maximum atomic E-state index is 12.9. The fourth-order valence-electron chi connectivity index (χ4n) is 4.31. The molecule has 0 atom stereocenters. The monoisotopic (exact) mass is 465 g/mol. The molecule has 0 aliphatic carbocycles. The molecule has 5 aromatic rings. The van der Waals surface area contributed by atoms with Gasteiger partial charge in [0.1, 0.15) is 5.71 Å². The molecule has 5 rings (SSSR count). The topological polar surface area (TPSA) is 104 Å². The summed E-state index contributed by atoms with van der Waals surface area (Å²) in [7, 11) is 0. The smallest absolute Gasteiger partial charge is 0.318 e. The van der Waals surface area contributed by atoms with Crippen molar-refractivity contribution in [3.05, 3.63) is 94.5 Å². The van der Waals surface area contributed by atoms with Crippen LogP contribution < -0.4 is 0 Å². The lowest BCUT2D eigenvalue weighted by molar-refractivity contribution is -0.384. The number of aromatic nitrogens is 1. The lowest BCUT2D eigenvalue weighted by atomic mass is 10.0. The van der Waals surface area contributed by atoms with Gasteiger partial charge in [-0.1, -0.05) is 41.6 Å². The molecule has 172 valence electrons. The standard InChI is InChI=1S/C27H19N3O5/c1-16(28-35-17(2)31)27(32)19-10-12-25-22(14-19)23-15-20(30(33)34)11-13-26(23)29(25)24-9-5-7-18-6-3-4-8-21(18)24/h3-15H,1-2H3/b28-16+. The Kier molecular flexibility index (Phi) is 5.33. The molecular formula is C27H19N3O5. The second kappa shape index (κ2) is 8.49. The van der Waals surface area contributed by atoms with Crippen LogP contribution in [0.4, 0.5) is 5.69 Å². The Morgan fingerprint density at radius 2 is 1.54 bits per heavy atom. The van der Waals surface area contributed by atoms with Crippen LogP contribution in [0.25, 0.3) is 38.3 Å². The van der Waals surface area contributed by atoms with E-state index < -0.39 is 16.7 Å². The number of hydrogen-bond acceptors (Lipinski definition) is 6. The molecule has 1 heterocycles. The summed E-state index contributed by atoms with van der Waals surface area (Å²) in [6.45, 7) is 2.65. The third-order valence-electron chi connectivity index (χ3n) is 5.87. The molecular weight excluding hydrogens is 446 g/mol. The maximum absolute atomic E-state index is 12.9. The number of benzene rings is 4. The van der Waals surface area contributed by atoms with E-state index in [0.29, 0.717) is 16.3 Å². The first-order chi connectivity index (χ1) is 16.8. The lowest BCUT2D eigenvalue weighted by Crippen LogP contribution is -2.11. The summed E-state index contributed by atoms with van der Waals surface area (Å²) in [5, 5.41) is 18.5. The van der Waals surface area contributed by atoms with Crippen molar-refractivity contribution < 1.29 is 19.3 Å². The number of nitro groups is 1. The highest BCUT2D eigenvalue weighted by molar-refractivity contribution is 6.45. The second-order valence-electron chi connectivity index (χ2n) is 8.11. The van der Waals surface area contributed by atoms with Crippen LogP contribution >= 0.6 is 0 Å². The van der Waals surface area contributed by atoms with Crippen LogP contribution in [0.5, 0.6) is 0 Å². The van der Waals surface area contributed by atoms with Crippen LogP contribution in [0.3, 0.4) is 0 Å². The first-order valence-electron chi connectivity index (χ1n) is 10.8. The van der Waals surface area contributed by atoms with Crippen LogP contribution in [0.15, 0.2) is 84.0 Å². The summed E-state index contributed by atoms with van der Waals surface area (Å²) in [5.41, 5.74) is 2.79. The van der Waals surface area contributed by atoms with Gasteiger partial charge >= 0.3 is 5.97 Å². The van der Waals surface area contributed by atoms with Gasteiger partial charge in [0.05, 0.1) is 21.6 Å². The number of fused-ring (bicyclic) bond motifs is 4. The normalized spacial score (nSPS) is 11.8. The second-order valence-corrected chi connectivity index (χ2v) is 8.11. The number of hydrogen-bond donors (Lipinski definition) is 0. The molecule has 0 saturated carbocycles. The number of non-ortho nitro benzene ring substituents is 1. The maximum Gasteiger partial charge on any atom is 0.331 e. The van der Waals surface area contributed by atoms with Crippen molar-refractivity contribution >= 4 is 55.7 Å². The Labute approximate surface area is 199 Å². The highest BCUT2D eigenvalue weighted by Gasteiger charge is 2.19. The van der Waals surface area contributed by atoms with Crippen molar-refractivity contribution in [1.82, 2.24) is 4.57 Å². The molecule has 0 spiro atoms. The molecule has 0 radical (unpaired) electrons. The van der Waals surface area contributed by atoms with Gasteiger partial charge < -0.3 is 9.40 Å². The third kappa shape index (κ3) is 3.80.